The number of hydrogen-bond donors (Lipinski definition) is 0. The van der Waals surface area contributed by atoms with Crippen molar-refractivity contribution < 1.29 is 22.7 Å². The minimum Gasteiger partial charge on any atom is -0.490 e. The molecule has 10 heteroatoms. The van der Waals surface area contributed by atoms with Gasteiger partial charge in [0.1, 0.15) is 0 Å². The van der Waals surface area contributed by atoms with E-state index in [1.165, 1.54) is 18.7 Å². The van der Waals surface area contributed by atoms with Gasteiger partial charge < -0.3 is 14.4 Å². The van der Waals surface area contributed by atoms with Crippen LogP contribution in [-0.4, -0.2) is 55.5 Å². The van der Waals surface area contributed by atoms with Gasteiger partial charge in [-0.05, 0) is 35.8 Å². The molecule has 2 aliphatic rings. The van der Waals surface area contributed by atoms with Crippen LogP contribution in [0, 0.1) is 0 Å². The Balaban J connectivity index is 2.09. The van der Waals surface area contributed by atoms with E-state index in [-0.39, 0.29) is 28.7 Å². The lowest BCUT2D eigenvalue weighted by atomic mass is 10.2. The Bertz CT molecular complexity index is 888. The molecule has 0 unspecified atom stereocenters. The van der Waals surface area contributed by atoms with E-state index < -0.39 is 9.84 Å². The van der Waals surface area contributed by atoms with Crippen LogP contribution in [0.4, 0.5) is 5.69 Å². The summed E-state index contributed by atoms with van der Waals surface area (Å²) < 4.78 is 36.3. The molecule has 1 aromatic carbocycles. The number of anilines is 1. The predicted octanol–water partition coefficient (Wildman–Crippen LogP) is 2.87. The number of amidine groups is 1. The number of hydrogen-bond acceptors (Lipinski definition) is 6. The lowest BCUT2D eigenvalue weighted by Gasteiger charge is -2.26. The van der Waals surface area contributed by atoms with Crippen molar-refractivity contribution in [3.63, 3.8) is 0 Å². The predicted molar refractivity (Wildman–Crippen MR) is 111 cm³/mol. The van der Waals surface area contributed by atoms with Crippen LogP contribution in [0.25, 0.3) is 0 Å². The minimum atomic E-state index is -3.12. The summed E-state index contributed by atoms with van der Waals surface area (Å²) in [5, 5.41) is 0.375. The number of carbonyl (C=O) groups excluding carboxylic acids is 1. The molecule has 2 atom stereocenters. The second kappa shape index (κ2) is 8.00. The Morgan fingerprint density at radius 3 is 2.63 bits per heavy atom. The molecular formula is C17H21BrN2O5S2. The molecule has 3 rings (SSSR count). The number of carbonyl (C=O) groups is 1. The van der Waals surface area contributed by atoms with Crippen molar-refractivity contribution in [3.8, 4) is 11.5 Å². The summed E-state index contributed by atoms with van der Waals surface area (Å²) in [5.41, 5.74) is 0.714. The Labute approximate surface area is 171 Å². The Morgan fingerprint density at radius 2 is 2.00 bits per heavy atom. The fourth-order valence-corrected chi connectivity index (χ4v) is 7.74. The number of sulfone groups is 1. The van der Waals surface area contributed by atoms with E-state index in [9.17, 15) is 13.2 Å². The smallest absolute Gasteiger partial charge is 0.244 e. The molecule has 2 fully saturated rings. The molecule has 0 bridgehead atoms. The first-order valence-electron chi connectivity index (χ1n) is 8.60. The summed E-state index contributed by atoms with van der Waals surface area (Å²) in [4.78, 5) is 17.6. The van der Waals surface area contributed by atoms with Crippen LogP contribution in [0.15, 0.2) is 21.6 Å². The van der Waals surface area contributed by atoms with Crippen molar-refractivity contribution in [1.29, 1.82) is 0 Å². The number of amides is 1. The van der Waals surface area contributed by atoms with Crippen LogP contribution in [0.3, 0.4) is 0 Å². The Kier molecular flexibility index (Phi) is 6.07. The molecular weight excluding hydrogens is 456 g/mol. The van der Waals surface area contributed by atoms with Gasteiger partial charge in [-0.3, -0.25) is 4.79 Å². The lowest BCUT2D eigenvalue weighted by Crippen LogP contribution is -2.37. The summed E-state index contributed by atoms with van der Waals surface area (Å²) >= 11 is 4.86. The first kappa shape index (κ1) is 20.5. The molecule has 0 N–H and O–H groups in total. The maximum Gasteiger partial charge on any atom is 0.244 e. The third-order valence-corrected chi connectivity index (χ3v) is 7.98. The molecule has 2 heterocycles. The van der Waals surface area contributed by atoms with Crippen LogP contribution in [-0.2, 0) is 14.6 Å². The summed E-state index contributed by atoms with van der Waals surface area (Å²) in [6, 6.07) is 3.39. The fraction of sp³-hybridized carbons (Fsp3) is 0.529. The molecule has 27 heavy (non-hydrogen) atoms. The maximum atomic E-state index is 12.1. The fourth-order valence-electron chi connectivity index (χ4n) is 3.24. The maximum absolute atomic E-state index is 12.1. The summed E-state index contributed by atoms with van der Waals surface area (Å²) in [5.74, 6) is 0.957. The molecule has 148 valence electrons. The zero-order chi connectivity index (χ0) is 19.8. The molecule has 0 spiro atoms. The average molecular weight is 477 g/mol. The normalized spacial score (nSPS) is 24.9. The van der Waals surface area contributed by atoms with Crippen LogP contribution < -0.4 is 14.4 Å². The SMILES string of the molecule is CCOc1cc(N2C(=NC(C)=O)S[C@H]3CS(=O)(=O)C[C@@H]32)cc(Br)c1OCC. The van der Waals surface area contributed by atoms with Gasteiger partial charge in [0.25, 0.3) is 0 Å². The van der Waals surface area contributed by atoms with Gasteiger partial charge in [-0.2, -0.15) is 4.99 Å². The van der Waals surface area contributed by atoms with Gasteiger partial charge in [0, 0.05) is 23.9 Å². The van der Waals surface area contributed by atoms with Crippen molar-refractivity contribution >= 4 is 54.3 Å². The number of rotatable bonds is 5. The summed E-state index contributed by atoms with van der Waals surface area (Å²) in [6.45, 7) is 6.09. The molecule has 0 aliphatic carbocycles. The summed E-state index contributed by atoms with van der Waals surface area (Å²) in [7, 11) is -3.12. The van der Waals surface area contributed by atoms with Gasteiger partial charge in [-0.1, -0.05) is 11.8 Å². The molecule has 0 radical (unpaired) electrons. The molecule has 2 aliphatic heterocycles. The second-order valence-electron chi connectivity index (χ2n) is 6.20. The van der Waals surface area contributed by atoms with Gasteiger partial charge in [-0.15, -0.1) is 0 Å². The monoisotopic (exact) mass is 476 g/mol. The average Bonchev–Trinajstić information content (AvgIpc) is 3.00. The largest absolute Gasteiger partial charge is 0.490 e. The van der Waals surface area contributed by atoms with Crippen LogP contribution in [0.2, 0.25) is 0 Å². The van der Waals surface area contributed by atoms with Gasteiger partial charge in [-0.25, -0.2) is 8.42 Å². The van der Waals surface area contributed by atoms with Crippen molar-refractivity contribution in [3.05, 3.63) is 16.6 Å². The van der Waals surface area contributed by atoms with E-state index in [1.54, 1.807) is 0 Å². The molecule has 7 nitrogen and oxygen atoms in total. The third kappa shape index (κ3) is 4.27. The van der Waals surface area contributed by atoms with Gasteiger partial charge in [0.2, 0.25) is 5.91 Å². The Morgan fingerprint density at radius 1 is 1.30 bits per heavy atom. The molecule has 0 saturated carbocycles. The molecule has 1 aromatic rings. The quantitative estimate of drug-likeness (QED) is 0.645. The number of benzene rings is 1. The number of halogens is 1. The Hall–Kier alpha value is -1.26. The summed E-state index contributed by atoms with van der Waals surface area (Å²) in [6.07, 6.45) is 0. The zero-order valence-electron chi connectivity index (χ0n) is 15.3. The van der Waals surface area contributed by atoms with Crippen LogP contribution in [0.5, 0.6) is 11.5 Å². The second-order valence-corrected chi connectivity index (χ2v) is 10.4. The lowest BCUT2D eigenvalue weighted by molar-refractivity contribution is -0.115. The molecule has 2 saturated heterocycles. The van der Waals surface area contributed by atoms with Crippen LogP contribution >= 0.6 is 27.7 Å². The van der Waals surface area contributed by atoms with E-state index in [0.717, 1.165) is 0 Å². The highest BCUT2D eigenvalue weighted by Gasteiger charge is 2.49. The van der Waals surface area contributed by atoms with Crippen molar-refractivity contribution in [1.82, 2.24) is 0 Å². The zero-order valence-corrected chi connectivity index (χ0v) is 18.5. The molecule has 0 aromatic heterocycles. The van der Waals surface area contributed by atoms with Crippen molar-refractivity contribution in [2.75, 3.05) is 29.6 Å². The first-order valence-corrected chi connectivity index (χ1v) is 12.1. The van der Waals surface area contributed by atoms with E-state index in [2.05, 4.69) is 20.9 Å². The number of thioether (sulfide) groups is 1. The first-order chi connectivity index (χ1) is 12.8. The van der Waals surface area contributed by atoms with Crippen LogP contribution in [0.1, 0.15) is 20.8 Å². The highest BCUT2D eigenvalue weighted by Crippen LogP contribution is 2.45. The number of fused-ring (bicyclic) bond motifs is 1. The topological polar surface area (TPSA) is 85.3 Å². The van der Waals surface area contributed by atoms with E-state index in [4.69, 9.17) is 9.47 Å². The van der Waals surface area contributed by atoms with E-state index in [1.807, 2.05) is 30.9 Å². The van der Waals surface area contributed by atoms with Gasteiger partial charge in [0.15, 0.2) is 26.5 Å². The highest BCUT2D eigenvalue weighted by atomic mass is 79.9. The highest BCUT2D eigenvalue weighted by molar-refractivity contribution is 9.10. The van der Waals surface area contributed by atoms with Crippen molar-refractivity contribution in [2.45, 2.75) is 32.1 Å². The number of ether oxygens (including phenoxy) is 2. The number of aliphatic imine (C=N–C) groups is 1. The number of nitrogens with zero attached hydrogens (tertiary/aromatic N) is 2. The molecule has 1 amide bonds. The minimum absolute atomic E-state index is 0.0381. The van der Waals surface area contributed by atoms with Gasteiger partial charge in [0.05, 0.1) is 35.2 Å². The third-order valence-electron chi connectivity index (χ3n) is 4.18. The van der Waals surface area contributed by atoms with Gasteiger partial charge >= 0.3 is 0 Å². The van der Waals surface area contributed by atoms with Crippen molar-refractivity contribution in [2.24, 2.45) is 4.99 Å². The van der Waals surface area contributed by atoms with E-state index in [0.29, 0.717) is 40.0 Å². The van der Waals surface area contributed by atoms with E-state index >= 15 is 0 Å². The standard InChI is InChI=1S/C17H21BrN2O5S2/c1-4-24-14-7-11(6-12(18)16(14)25-5-2)20-13-8-27(22,23)9-15(13)26-17(20)19-10(3)21/h6-7,13,15H,4-5,8-9H2,1-3H3/t13-,15-/m0/s1.